The van der Waals surface area contributed by atoms with Crippen LogP contribution >= 0.6 is 11.6 Å². The number of hydrogen-bond acceptors (Lipinski definition) is 6. The van der Waals surface area contributed by atoms with Gasteiger partial charge in [-0.05, 0) is 18.2 Å². The minimum absolute atomic E-state index is 0.160. The maximum absolute atomic E-state index is 13.1. The Kier molecular flexibility index (Phi) is 5.30. The van der Waals surface area contributed by atoms with E-state index >= 15 is 0 Å². The molecule has 10 heteroatoms. The molecule has 0 amide bonds. The molecular weight excluding hydrogens is 444 g/mol. The molecule has 0 bridgehead atoms. The number of morpholine rings is 1. The quantitative estimate of drug-likeness (QED) is 0.460. The van der Waals surface area contributed by atoms with Crippen LogP contribution in [-0.2, 0) is 25.9 Å². The summed E-state index contributed by atoms with van der Waals surface area (Å²) in [5.74, 6) is 0.653. The lowest BCUT2D eigenvalue weighted by molar-refractivity contribution is 0.0395. The Morgan fingerprint density at radius 1 is 1.09 bits per heavy atom. The van der Waals surface area contributed by atoms with Gasteiger partial charge in [0.15, 0.2) is 0 Å². The van der Waals surface area contributed by atoms with Gasteiger partial charge in [-0.25, -0.2) is 9.78 Å². The van der Waals surface area contributed by atoms with E-state index in [1.54, 1.807) is 36.1 Å². The number of aromatic nitrogens is 5. The lowest BCUT2D eigenvalue weighted by Gasteiger charge is -2.33. The van der Waals surface area contributed by atoms with Crippen LogP contribution in [0.2, 0.25) is 5.02 Å². The Bertz CT molecular complexity index is 1470. The molecule has 0 N–H and O–H groups in total. The average Bonchev–Trinajstić information content (AvgIpc) is 3.27. The highest BCUT2D eigenvalue weighted by molar-refractivity contribution is 6.30. The van der Waals surface area contributed by atoms with Crippen LogP contribution in [0.4, 0.5) is 5.82 Å². The number of hydrogen-bond donors (Lipinski definition) is 0. The fourth-order valence-corrected chi connectivity index (χ4v) is 4.38. The summed E-state index contributed by atoms with van der Waals surface area (Å²) in [6.07, 6.45) is 3.58. The molecule has 1 aliphatic rings. The van der Waals surface area contributed by atoms with Gasteiger partial charge in [0.25, 0.3) is 5.56 Å². The number of rotatable bonds is 3. The normalized spacial score (nSPS) is 16.5. The number of benzene rings is 1. The largest absolute Gasteiger partial charge is 0.370 e. The van der Waals surface area contributed by atoms with E-state index in [9.17, 15) is 9.59 Å². The number of halogens is 1. The van der Waals surface area contributed by atoms with Crippen LogP contribution in [0.25, 0.3) is 22.2 Å². The van der Waals surface area contributed by atoms with Gasteiger partial charge in [0.05, 0.1) is 29.4 Å². The molecule has 1 aromatic carbocycles. The maximum atomic E-state index is 13.1. The third-order valence-corrected chi connectivity index (χ3v) is 6.28. The third kappa shape index (κ3) is 3.73. The molecule has 3 aromatic heterocycles. The molecule has 0 radical (unpaired) electrons. The molecule has 1 aliphatic heterocycles. The van der Waals surface area contributed by atoms with E-state index in [-0.39, 0.29) is 11.7 Å². The minimum Gasteiger partial charge on any atom is -0.370 e. The maximum Gasteiger partial charge on any atom is 0.331 e. The van der Waals surface area contributed by atoms with Gasteiger partial charge in [-0.15, -0.1) is 0 Å². The average molecular weight is 467 g/mol. The summed E-state index contributed by atoms with van der Waals surface area (Å²) in [5, 5.41) is 5.27. The Balaban J connectivity index is 1.69. The first kappa shape index (κ1) is 21.4. The highest BCUT2D eigenvalue weighted by Crippen LogP contribution is 2.31. The third-order valence-electron chi connectivity index (χ3n) is 6.03. The molecule has 0 saturated carbocycles. The Morgan fingerprint density at radius 3 is 2.55 bits per heavy atom. The molecule has 0 unspecified atom stereocenters. The molecular formula is C23H23ClN6O3. The number of anilines is 1. The van der Waals surface area contributed by atoms with Crippen LogP contribution < -0.4 is 16.1 Å². The Hall–Kier alpha value is -3.43. The van der Waals surface area contributed by atoms with Crippen LogP contribution in [0.15, 0.2) is 52.3 Å². The van der Waals surface area contributed by atoms with Crippen molar-refractivity contribution in [3.05, 3.63) is 74.1 Å². The van der Waals surface area contributed by atoms with Gasteiger partial charge >= 0.3 is 5.69 Å². The molecule has 33 heavy (non-hydrogen) atoms. The molecule has 170 valence electrons. The van der Waals surface area contributed by atoms with E-state index in [0.29, 0.717) is 47.1 Å². The standard InChI is InChI=1S/C23H23ClN6O3/c1-27-12-15(11-25-27)18-13-30(8-9-33-18)19-10-17-21(28(2)23(32)29(3)22(17)31)20(26-19)14-4-6-16(24)7-5-14/h4-7,10-12,18H,8-9,13H2,1-3H3/t18-/m1/s1. The van der Waals surface area contributed by atoms with E-state index in [2.05, 4.69) is 10.00 Å². The summed E-state index contributed by atoms with van der Waals surface area (Å²) in [6.45, 7) is 1.71. The Labute approximate surface area is 194 Å². The van der Waals surface area contributed by atoms with Crippen molar-refractivity contribution >= 4 is 28.3 Å². The second kappa shape index (κ2) is 8.17. The van der Waals surface area contributed by atoms with Crippen molar-refractivity contribution in [2.45, 2.75) is 6.10 Å². The fraction of sp³-hybridized carbons (Fsp3) is 0.304. The second-order valence-electron chi connectivity index (χ2n) is 8.19. The smallest absolute Gasteiger partial charge is 0.331 e. The Morgan fingerprint density at radius 2 is 1.85 bits per heavy atom. The molecule has 1 atom stereocenters. The van der Waals surface area contributed by atoms with E-state index in [1.807, 2.05) is 25.4 Å². The van der Waals surface area contributed by atoms with Crippen LogP contribution in [0.5, 0.6) is 0 Å². The first-order valence-electron chi connectivity index (χ1n) is 10.6. The fourth-order valence-electron chi connectivity index (χ4n) is 4.25. The van der Waals surface area contributed by atoms with Gasteiger partial charge in [0, 0.05) is 56.6 Å². The van der Waals surface area contributed by atoms with Crippen molar-refractivity contribution in [1.29, 1.82) is 0 Å². The van der Waals surface area contributed by atoms with E-state index in [4.69, 9.17) is 21.3 Å². The highest BCUT2D eigenvalue weighted by Gasteiger charge is 2.26. The van der Waals surface area contributed by atoms with Gasteiger partial charge in [-0.3, -0.25) is 18.6 Å². The van der Waals surface area contributed by atoms with Gasteiger partial charge in [0.2, 0.25) is 0 Å². The molecule has 4 aromatic rings. The highest BCUT2D eigenvalue weighted by atomic mass is 35.5. The first-order chi connectivity index (χ1) is 15.8. The number of aryl methyl sites for hydroxylation is 2. The zero-order chi connectivity index (χ0) is 23.3. The van der Waals surface area contributed by atoms with Gasteiger partial charge in [0.1, 0.15) is 11.9 Å². The van der Waals surface area contributed by atoms with E-state index < -0.39 is 5.69 Å². The van der Waals surface area contributed by atoms with Crippen molar-refractivity contribution in [2.75, 3.05) is 24.6 Å². The SMILES string of the molecule is Cn1cc([C@H]2CN(c3cc4c(=O)n(C)c(=O)n(C)c4c(-c4ccc(Cl)cc4)n3)CCO2)cn1. The monoisotopic (exact) mass is 466 g/mol. The number of nitrogens with zero attached hydrogens (tertiary/aromatic N) is 6. The molecule has 4 heterocycles. The van der Waals surface area contributed by atoms with Crippen LogP contribution in [-0.4, -0.2) is 43.6 Å². The summed E-state index contributed by atoms with van der Waals surface area (Å²) in [6, 6.07) is 8.98. The molecule has 1 fully saturated rings. The van der Waals surface area contributed by atoms with Crippen LogP contribution in [0.3, 0.4) is 0 Å². The summed E-state index contributed by atoms with van der Waals surface area (Å²) >= 11 is 6.09. The zero-order valence-corrected chi connectivity index (χ0v) is 19.3. The van der Waals surface area contributed by atoms with Crippen molar-refractivity contribution < 1.29 is 4.74 Å². The predicted octanol–water partition coefficient (Wildman–Crippen LogP) is 2.26. The molecule has 5 rings (SSSR count). The summed E-state index contributed by atoms with van der Waals surface area (Å²) in [7, 11) is 5.00. The van der Waals surface area contributed by atoms with E-state index in [1.165, 1.54) is 11.6 Å². The van der Waals surface area contributed by atoms with Crippen molar-refractivity contribution in [3.63, 3.8) is 0 Å². The van der Waals surface area contributed by atoms with Crippen LogP contribution in [0.1, 0.15) is 11.7 Å². The topological polar surface area (TPSA) is 87.2 Å². The summed E-state index contributed by atoms with van der Waals surface area (Å²) in [5.41, 5.74) is 2.04. The first-order valence-corrected chi connectivity index (χ1v) is 10.9. The zero-order valence-electron chi connectivity index (χ0n) is 18.5. The van der Waals surface area contributed by atoms with Gasteiger partial charge in [-0.1, -0.05) is 23.7 Å². The van der Waals surface area contributed by atoms with Crippen molar-refractivity contribution in [1.82, 2.24) is 23.9 Å². The molecule has 1 saturated heterocycles. The predicted molar refractivity (Wildman–Crippen MR) is 127 cm³/mol. The minimum atomic E-state index is -0.403. The molecule has 9 nitrogen and oxygen atoms in total. The lowest BCUT2D eigenvalue weighted by Crippen LogP contribution is -2.40. The van der Waals surface area contributed by atoms with Crippen molar-refractivity contribution in [3.8, 4) is 11.3 Å². The number of ether oxygens (including phenoxy) is 1. The number of fused-ring (bicyclic) bond motifs is 1. The van der Waals surface area contributed by atoms with Crippen molar-refractivity contribution in [2.24, 2.45) is 21.1 Å². The molecule has 0 spiro atoms. The van der Waals surface area contributed by atoms with Crippen LogP contribution in [0, 0.1) is 0 Å². The summed E-state index contributed by atoms with van der Waals surface area (Å²) in [4.78, 5) is 32.8. The van der Waals surface area contributed by atoms with Gasteiger partial charge < -0.3 is 9.64 Å². The lowest BCUT2D eigenvalue weighted by atomic mass is 10.1. The van der Waals surface area contributed by atoms with E-state index in [0.717, 1.165) is 15.7 Å². The number of pyridine rings is 1. The second-order valence-corrected chi connectivity index (χ2v) is 8.63. The summed E-state index contributed by atoms with van der Waals surface area (Å²) < 4.78 is 10.3. The molecule has 0 aliphatic carbocycles. The van der Waals surface area contributed by atoms with Gasteiger partial charge in [-0.2, -0.15) is 5.10 Å².